The van der Waals surface area contributed by atoms with Crippen LogP contribution in [0.1, 0.15) is 17.0 Å². The Balaban J connectivity index is 1.59. The van der Waals surface area contributed by atoms with Crippen LogP contribution in [0.3, 0.4) is 0 Å². The molecule has 2 atom stereocenters. The van der Waals surface area contributed by atoms with Crippen LogP contribution < -0.4 is 5.32 Å². The van der Waals surface area contributed by atoms with E-state index in [9.17, 15) is 17.2 Å². The van der Waals surface area contributed by atoms with Crippen LogP contribution in [0.5, 0.6) is 0 Å². The van der Waals surface area contributed by atoms with E-state index in [4.69, 9.17) is 0 Å². The number of sulfonamides is 1. The van der Waals surface area contributed by atoms with Gasteiger partial charge in [0.25, 0.3) is 10.0 Å². The molecule has 0 saturated carbocycles. The molecule has 0 amide bonds. The average molecular weight is 432 g/mol. The maximum Gasteiger partial charge on any atom is 0.262 e. The lowest BCUT2D eigenvalue weighted by molar-refractivity contribution is 0.453. The van der Waals surface area contributed by atoms with Gasteiger partial charge in [0, 0.05) is 44.8 Å². The second-order valence-corrected chi connectivity index (χ2v) is 9.36. The minimum Gasteiger partial charge on any atom is -0.339 e. The summed E-state index contributed by atoms with van der Waals surface area (Å²) in [4.78, 5) is 3.99. The van der Waals surface area contributed by atoms with Gasteiger partial charge in [-0.25, -0.2) is 22.2 Å². The standard InChI is InChI=1S/C21H22F2N4O2S/c1-26-13-21(25-14-26)30(28,29)27-11-19(16-5-7-17(22)8-6-16)20(12-27)24-10-15-3-2-4-18(23)9-15/h2-9,13-14,19-20,24H,10-12H2,1H3/t19-,20+/m0/s1. The van der Waals surface area contributed by atoms with E-state index in [2.05, 4.69) is 10.3 Å². The Labute approximate surface area is 174 Å². The molecule has 0 bridgehead atoms. The smallest absolute Gasteiger partial charge is 0.262 e. The lowest BCUT2D eigenvalue weighted by Crippen LogP contribution is -2.36. The summed E-state index contributed by atoms with van der Waals surface area (Å²) in [7, 11) is -2.05. The SMILES string of the molecule is Cn1cnc(S(=O)(=O)N2C[C@@H](NCc3cccc(F)c3)[C@H](c3ccc(F)cc3)C2)c1. The van der Waals surface area contributed by atoms with Crippen LogP contribution in [0.4, 0.5) is 8.78 Å². The van der Waals surface area contributed by atoms with Crippen LogP contribution in [-0.2, 0) is 23.6 Å². The normalized spacial score (nSPS) is 20.0. The number of hydrogen-bond acceptors (Lipinski definition) is 4. The first kappa shape index (κ1) is 20.6. The fourth-order valence-corrected chi connectivity index (χ4v) is 5.23. The fraction of sp³-hybridized carbons (Fsp3) is 0.286. The average Bonchev–Trinajstić information content (AvgIpc) is 3.34. The molecule has 1 N–H and O–H groups in total. The van der Waals surface area contributed by atoms with E-state index in [-0.39, 0.29) is 41.7 Å². The summed E-state index contributed by atoms with van der Waals surface area (Å²) in [5, 5.41) is 3.35. The van der Waals surface area contributed by atoms with Crippen molar-refractivity contribution in [2.75, 3.05) is 13.1 Å². The molecule has 1 aliphatic heterocycles. The second-order valence-electron chi connectivity index (χ2n) is 7.47. The van der Waals surface area contributed by atoms with Gasteiger partial charge in [0.15, 0.2) is 5.03 Å². The Morgan fingerprint density at radius 2 is 1.87 bits per heavy atom. The molecule has 30 heavy (non-hydrogen) atoms. The van der Waals surface area contributed by atoms with Crippen LogP contribution >= 0.6 is 0 Å². The number of rotatable bonds is 6. The number of halogens is 2. The maximum absolute atomic E-state index is 13.5. The molecular formula is C21H22F2N4O2S. The van der Waals surface area contributed by atoms with Crippen LogP contribution in [-0.4, -0.2) is 41.4 Å². The molecule has 1 aliphatic rings. The molecule has 2 heterocycles. The highest BCUT2D eigenvalue weighted by atomic mass is 32.2. The summed E-state index contributed by atoms with van der Waals surface area (Å²) in [6.07, 6.45) is 2.91. The first-order valence-electron chi connectivity index (χ1n) is 9.54. The fourth-order valence-electron chi connectivity index (χ4n) is 3.77. The third kappa shape index (κ3) is 4.28. The van der Waals surface area contributed by atoms with E-state index in [0.29, 0.717) is 6.54 Å². The number of aryl methyl sites for hydroxylation is 1. The quantitative estimate of drug-likeness (QED) is 0.650. The molecule has 4 rings (SSSR count). The first-order valence-corrected chi connectivity index (χ1v) is 11.0. The van der Waals surface area contributed by atoms with Gasteiger partial charge in [-0.1, -0.05) is 24.3 Å². The highest BCUT2D eigenvalue weighted by Gasteiger charge is 2.40. The Bertz CT molecular complexity index is 1130. The lowest BCUT2D eigenvalue weighted by atomic mass is 9.94. The molecule has 3 aromatic rings. The number of nitrogens with one attached hydrogen (secondary N) is 1. The molecule has 1 aromatic heterocycles. The predicted molar refractivity (Wildman–Crippen MR) is 108 cm³/mol. The lowest BCUT2D eigenvalue weighted by Gasteiger charge is -2.20. The molecule has 9 heteroatoms. The highest BCUT2D eigenvalue weighted by molar-refractivity contribution is 7.89. The van der Waals surface area contributed by atoms with Crippen molar-refractivity contribution in [3.8, 4) is 0 Å². The number of aromatic nitrogens is 2. The molecule has 1 saturated heterocycles. The largest absolute Gasteiger partial charge is 0.339 e. The molecule has 2 aromatic carbocycles. The van der Waals surface area contributed by atoms with Gasteiger partial charge in [-0.15, -0.1) is 0 Å². The van der Waals surface area contributed by atoms with Gasteiger partial charge >= 0.3 is 0 Å². The second kappa shape index (κ2) is 8.25. The number of hydrogen-bond donors (Lipinski definition) is 1. The third-order valence-electron chi connectivity index (χ3n) is 5.33. The zero-order chi connectivity index (χ0) is 21.3. The molecule has 0 aliphatic carbocycles. The zero-order valence-electron chi connectivity index (χ0n) is 16.4. The van der Waals surface area contributed by atoms with E-state index in [1.807, 2.05) is 0 Å². The topological polar surface area (TPSA) is 67.2 Å². The Kier molecular flexibility index (Phi) is 5.68. The van der Waals surface area contributed by atoms with Gasteiger partial charge in [0.05, 0.1) is 6.33 Å². The number of benzene rings is 2. The van der Waals surface area contributed by atoms with Crippen molar-refractivity contribution < 1.29 is 17.2 Å². The Hall–Kier alpha value is -2.62. The van der Waals surface area contributed by atoms with Gasteiger partial charge in [0.2, 0.25) is 0 Å². The Morgan fingerprint density at radius 1 is 1.10 bits per heavy atom. The van der Waals surface area contributed by atoms with E-state index < -0.39 is 10.0 Å². The zero-order valence-corrected chi connectivity index (χ0v) is 17.2. The summed E-state index contributed by atoms with van der Waals surface area (Å²) in [5.74, 6) is -0.855. The van der Waals surface area contributed by atoms with Gasteiger partial charge in [-0.2, -0.15) is 4.31 Å². The molecule has 158 valence electrons. The van der Waals surface area contributed by atoms with E-state index in [0.717, 1.165) is 11.1 Å². The maximum atomic E-state index is 13.5. The summed E-state index contributed by atoms with van der Waals surface area (Å²) in [6.45, 7) is 0.860. The van der Waals surface area contributed by atoms with Crippen molar-refractivity contribution in [2.45, 2.75) is 23.5 Å². The van der Waals surface area contributed by atoms with Gasteiger partial charge in [-0.05, 0) is 35.4 Å². The van der Waals surface area contributed by atoms with Crippen LogP contribution in [0, 0.1) is 11.6 Å². The monoisotopic (exact) mass is 432 g/mol. The van der Waals surface area contributed by atoms with Crippen molar-refractivity contribution >= 4 is 10.0 Å². The highest BCUT2D eigenvalue weighted by Crippen LogP contribution is 2.31. The van der Waals surface area contributed by atoms with Gasteiger partial charge < -0.3 is 9.88 Å². The minimum atomic E-state index is -3.76. The third-order valence-corrected chi connectivity index (χ3v) is 7.04. The van der Waals surface area contributed by atoms with Crippen molar-refractivity contribution in [1.29, 1.82) is 0 Å². The summed E-state index contributed by atoms with van der Waals surface area (Å²) < 4.78 is 56.0. The summed E-state index contributed by atoms with van der Waals surface area (Å²) in [6, 6.07) is 12.1. The van der Waals surface area contributed by atoms with Crippen LogP contribution in [0.15, 0.2) is 66.1 Å². The van der Waals surface area contributed by atoms with Crippen molar-refractivity contribution in [3.05, 3.63) is 83.8 Å². The van der Waals surface area contributed by atoms with E-state index in [1.165, 1.54) is 41.1 Å². The van der Waals surface area contributed by atoms with Crippen LogP contribution in [0.25, 0.3) is 0 Å². The summed E-state index contributed by atoms with van der Waals surface area (Å²) in [5.41, 5.74) is 1.60. The molecule has 0 spiro atoms. The van der Waals surface area contributed by atoms with Crippen molar-refractivity contribution in [2.24, 2.45) is 7.05 Å². The van der Waals surface area contributed by atoms with E-state index >= 15 is 0 Å². The minimum absolute atomic E-state index is 0.00589. The molecule has 0 unspecified atom stereocenters. The first-order chi connectivity index (χ1) is 14.3. The molecule has 0 radical (unpaired) electrons. The Morgan fingerprint density at radius 3 is 2.53 bits per heavy atom. The predicted octanol–water partition coefficient (Wildman–Crippen LogP) is 2.64. The van der Waals surface area contributed by atoms with Crippen molar-refractivity contribution in [1.82, 2.24) is 19.2 Å². The van der Waals surface area contributed by atoms with E-state index in [1.54, 1.807) is 35.9 Å². The van der Waals surface area contributed by atoms with Gasteiger partial charge in [0.1, 0.15) is 11.6 Å². The summed E-state index contributed by atoms with van der Waals surface area (Å²) >= 11 is 0. The van der Waals surface area contributed by atoms with Gasteiger partial charge in [-0.3, -0.25) is 0 Å². The van der Waals surface area contributed by atoms with Crippen molar-refractivity contribution in [3.63, 3.8) is 0 Å². The molecular weight excluding hydrogens is 410 g/mol. The molecule has 1 fully saturated rings. The number of nitrogens with zero attached hydrogens (tertiary/aromatic N) is 3. The number of imidazole rings is 1. The molecule has 6 nitrogen and oxygen atoms in total. The van der Waals surface area contributed by atoms with Crippen LogP contribution in [0.2, 0.25) is 0 Å².